The minimum absolute atomic E-state index is 0. The number of ether oxygens (including phenoxy) is 2. The fourth-order valence-corrected chi connectivity index (χ4v) is 2.38. The maximum absolute atomic E-state index is 5.43. The average Bonchev–Trinajstić information content (AvgIpc) is 2.56. The molecule has 0 fully saturated rings. The van der Waals surface area contributed by atoms with Gasteiger partial charge in [-0.2, -0.15) is 0 Å². The molecule has 0 saturated heterocycles. The number of hydrogen-bond acceptors (Lipinski definition) is 3. The van der Waals surface area contributed by atoms with Gasteiger partial charge in [0.05, 0.1) is 25.9 Å². The van der Waals surface area contributed by atoms with Crippen molar-refractivity contribution in [2.24, 2.45) is 10.9 Å². The summed E-state index contributed by atoms with van der Waals surface area (Å²) < 4.78 is 10.4. The Labute approximate surface area is 170 Å². The zero-order valence-corrected chi connectivity index (χ0v) is 18.5. The number of nitrogens with one attached hydrogen (secondary N) is 2. The zero-order chi connectivity index (χ0) is 17.8. The Balaban J connectivity index is 0.00000576. The normalized spacial score (nSPS) is 12.6. The molecule has 0 aromatic heterocycles. The van der Waals surface area contributed by atoms with Crippen LogP contribution in [0.25, 0.3) is 0 Å². The molecule has 1 atom stereocenters. The number of nitrogens with zero attached hydrogens (tertiary/aromatic N) is 1. The van der Waals surface area contributed by atoms with Crippen molar-refractivity contribution >= 4 is 29.9 Å². The number of aliphatic imine (C=N–C) groups is 1. The lowest BCUT2D eigenvalue weighted by Gasteiger charge is -2.19. The molecule has 2 N–H and O–H groups in total. The van der Waals surface area contributed by atoms with E-state index in [1.54, 1.807) is 14.2 Å². The minimum atomic E-state index is 0. The fourth-order valence-electron chi connectivity index (χ4n) is 2.38. The van der Waals surface area contributed by atoms with E-state index in [0.29, 0.717) is 32.3 Å². The molecule has 0 spiro atoms. The van der Waals surface area contributed by atoms with Crippen molar-refractivity contribution in [3.63, 3.8) is 0 Å². The number of hydrogen-bond donors (Lipinski definition) is 2. The molecule has 0 aliphatic heterocycles. The Hall–Kier alpha value is -0.860. The third kappa shape index (κ3) is 10.7. The number of benzene rings is 1. The van der Waals surface area contributed by atoms with Gasteiger partial charge in [0.2, 0.25) is 0 Å². The predicted molar refractivity (Wildman–Crippen MR) is 116 cm³/mol. The van der Waals surface area contributed by atoms with Crippen molar-refractivity contribution in [3.05, 3.63) is 35.4 Å². The van der Waals surface area contributed by atoms with Crippen molar-refractivity contribution in [2.75, 3.05) is 40.5 Å². The van der Waals surface area contributed by atoms with Crippen LogP contribution in [0.1, 0.15) is 37.9 Å². The van der Waals surface area contributed by atoms with Crippen LogP contribution in [-0.2, 0) is 15.9 Å². The topological polar surface area (TPSA) is 54.9 Å². The van der Waals surface area contributed by atoms with Gasteiger partial charge in [-0.15, -0.1) is 24.0 Å². The highest BCUT2D eigenvalue weighted by Gasteiger charge is 2.08. The molecule has 1 aromatic carbocycles. The van der Waals surface area contributed by atoms with Gasteiger partial charge in [-0.25, -0.2) is 0 Å². The molecule has 0 heterocycles. The number of guanidine groups is 1. The van der Waals surface area contributed by atoms with Gasteiger partial charge >= 0.3 is 0 Å². The molecule has 6 heteroatoms. The Bertz CT molecular complexity index is 478. The lowest BCUT2D eigenvalue weighted by Crippen LogP contribution is -2.40. The molecule has 25 heavy (non-hydrogen) atoms. The summed E-state index contributed by atoms with van der Waals surface area (Å²) in [6.07, 6.45) is 1.12. The van der Waals surface area contributed by atoms with Crippen LogP contribution in [0.3, 0.4) is 0 Å². The highest BCUT2D eigenvalue weighted by Crippen LogP contribution is 2.15. The number of halogens is 1. The van der Waals surface area contributed by atoms with Crippen LogP contribution < -0.4 is 10.6 Å². The highest BCUT2D eigenvalue weighted by molar-refractivity contribution is 14.0. The Kier molecular flexibility index (Phi) is 13.8. The van der Waals surface area contributed by atoms with Crippen molar-refractivity contribution in [3.8, 4) is 0 Å². The second-order valence-corrected chi connectivity index (χ2v) is 6.31. The molecule has 0 aliphatic carbocycles. The predicted octanol–water partition coefficient (Wildman–Crippen LogP) is 3.39. The van der Waals surface area contributed by atoms with E-state index in [4.69, 9.17) is 9.47 Å². The van der Waals surface area contributed by atoms with Crippen LogP contribution in [0.4, 0.5) is 0 Å². The van der Waals surface area contributed by atoms with E-state index in [1.807, 2.05) is 0 Å². The summed E-state index contributed by atoms with van der Waals surface area (Å²) in [5.41, 5.74) is 2.64. The van der Waals surface area contributed by atoms with Crippen molar-refractivity contribution in [2.45, 2.75) is 33.2 Å². The van der Waals surface area contributed by atoms with E-state index < -0.39 is 0 Å². The van der Waals surface area contributed by atoms with Gasteiger partial charge in [0.15, 0.2) is 5.96 Å². The van der Waals surface area contributed by atoms with Crippen LogP contribution >= 0.6 is 24.0 Å². The molecule has 1 aromatic rings. The summed E-state index contributed by atoms with van der Waals surface area (Å²) in [5, 5.41) is 6.66. The van der Waals surface area contributed by atoms with Gasteiger partial charge in [0.1, 0.15) is 0 Å². The van der Waals surface area contributed by atoms with Gasteiger partial charge in [-0.05, 0) is 30.4 Å². The standard InChI is InChI=1S/C19H33N3O2.HI/c1-15(2)14-17-6-8-18(9-7-17)16(3)22-19(20-4)21-10-11-24-13-12-23-5;/h6-9,15-16H,10-14H2,1-5H3,(H2,20,21,22);1H. The van der Waals surface area contributed by atoms with Crippen molar-refractivity contribution in [1.82, 2.24) is 10.6 Å². The Morgan fingerprint density at radius 3 is 2.32 bits per heavy atom. The lowest BCUT2D eigenvalue weighted by molar-refractivity contribution is 0.0733. The van der Waals surface area contributed by atoms with E-state index in [-0.39, 0.29) is 30.0 Å². The average molecular weight is 463 g/mol. The quantitative estimate of drug-likeness (QED) is 0.242. The monoisotopic (exact) mass is 463 g/mol. The SMILES string of the molecule is CN=C(NCCOCCOC)NC(C)c1ccc(CC(C)C)cc1.I. The molecule has 0 bridgehead atoms. The van der Waals surface area contributed by atoms with Gasteiger partial charge in [0.25, 0.3) is 0 Å². The molecular weight excluding hydrogens is 429 g/mol. The van der Waals surface area contributed by atoms with E-state index in [0.717, 1.165) is 12.4 Å². The molecule has 0 amide bonds. The number of methoxy groups -OCH3 is 1. The molecule has 0 aliphatic rings. The van der Waals surface area contributed by atoms with Gasteiger partial charge in [0, 0.05) is 20.7 Å². The maximum atomic E-state index is 5.43. The summed E-state index contributed by atoms with van der Waals surface area (Å²) >= 11 is 0. The first-order valence-corrected chi connectivity index (χ1v) is 8.69. The molecule has 0 saturated carbocycles. The van der Waals surface area contributed by atoms with Crippen LogP contribution in [-0.4, -0.2) is 46.5 Å². The minimum Gasteiger partial charge on any atom is -0.382 e. The summed E-state index contributed by atoms with van der Waals surface area (Å²) in [6, 6.07) is 9.01. The van der Waals surface area contributed by atoms with Crippen molar-refractivity contribution in [1.29, 1.82) is 0 Å². The van der Waals surface area contributed by atoms with E-state index in [2.05, 4.69) is 60.7 Å². The second kappa shape index (κ2) is 14.3. The van der Waals surface area contributed by atoms with Crippen LogP contribution in [0.5, 0.6) is 0 Å². The fraction of sp³-hybridized carbons (Fsp3) is 0.632. The number of rotatable bonds is 10. The summed E-state index contributed by atoms with van der Waals surface area (Å²) in [5.74, 6) is 1.46. The summed E-state index contributed by atoms with van der Waals surface area (Å²) in [7, 11) is 3.45. The van der Waals surface area contributed by atoms with Gasteiger partial charge < -0.3 is 20.1 Å². The maximum Gasteiger partial charge on any atom is 0.191 e. The third-order valence-corrected chi connectivity index (χ3v) is 3.67. The summed E-state index contributed by atoms with van der Waals surface area (Å²) in [4.78, 5) is 4.26. The molecular formula is C19H34IN3O2. The first-order valence-electron chi connectivity index (χ1n) is 8.69. The Morgan fingerprint density at radius 2 is 1.76 bits per heavy atom. The van der Waals surface area contributed by atoms with Crippen molar-refractivity contribution < 1.29 is 9.47 Å². The largest absolute Gasteiger partial charge is 0.382 e. The van der Waals surface area contributed by atoms with Gasteiger partial charge in [-0.1, -0.05) is 38.1 Å². The molecule has 144 valence electrons. The first-order chi connectivity index (χ1) is 11.6. The lowest BCUT2D eigenvalue weighted by atomic mass is 10.00. The molecule has 1 rings (SSSR count). The molecule has 0 radical (unpaired) electrons. The first kappa shape index (κ1) is 24.1. The smallest absolute Gasteiger partial charge is 0.191 e. The van der Waals surface area contributed by atoms with E-state index in [9.17, 15) is 0 Å². The zero-order valence-electron chi connectivity index (χ0n) is 16.2. The highest BCUT2D eigenvalue weighted by atomic mass is 127. The summed E-state index contributed by atoms with van der Waals surface area (Å²) in [6.45, 7) is 9.20. The molecule has 5 nitrogen and oxygen atoms in total. The van der Waals surface area contributed by atoms with Crippen LogP contribution in [0.15, 0.2) is 29.3 Å². The molecule has 1 unspecified atom stereocenters. The third-order valence-electron chi connectivity index (χ3n) is 3.67. The van der Waals surface area contributed by atoms with Gasteiger partial charge in [-0.3, -0.25) is 4.99 Å². The van der Waals surface area contributed by atoms with Crippen LogP contribution in [0, 0.1) is 5.92 Å². The second-order valence-electron chi connectivity index (χ2n) is 6.31. The Morgan fingerprint density at radius 1 is 1.08 bits per heavy atom. The van der Waals surface area contributed by atoms with E-state index in [1.165, 1.54) is 11.1 Å². The van der Waals surface area contributed by atoms with Crippen LogP contribution in [0.2, 0.25) is 0 Å². The van der Waals surface area contributed by atoms with E-state index >= 15 is 0 Å².